The summed E-state index contributed by atoms with van der Waals surface area (Å²) < 4.78 is 19.5. The first-order valence-electron chi connectivity index (χ1n) is 8.17. The minimum Gasteiger partial charge on any atom is -0.484 e. The number of aromatic nitrogens is 1. The molecular weight excluding hydrogens is 425 g/mol. The molecule has 0 unspecified atom stereocenters. The first-order valence-corrected chi connectivity index (χ1v) is 9.34. The number of carbonyl (C=O) groups excluding carboxylic acids is 1. The summed E-state index contributed by atoms with van der Waals surface area (Å²) in [6, 6.07) is 9.83. The molecule has 2 aromatic rings. The van der Waals surface area contributed by atoms with Gasteiger partial charge < -0.3 is 15.4 Å². The quantitative estimate of drug-likeness (QED) is 0.669. The maximum absolute atomic E-state index is 13.4. The Labute approximate surface area is 163 Å². The zero-order chi connectivity index (χ0) is 18.4. The lowest BCUT2D eigenvalue weighted by Crippen LogP contribution is -2.81. The molecule has 2 N–H and O–H groups in total. The number of ether oxygens (including phenoxy) is 1. The lowest BCUT2D eigenvalue weighted by atomic mass is 9.44. The summed E-state index contributed by atoms with van der Waals surface area (Å²) in [6.07, 6.45) is 2.57. The molecule has 0 saturated heterocycles. The third-order valence-corrected chi connectivity index (χ3v) is 5.55. The molecule has 0 atom stereocenters. The second kappa shape index (κ2) is 6.39. The number of nitrogens with one attached hydrogen (secondary N) is 2. The Kier molecular flexibility index (Phi) is 4.31. The molecule has 3 aliphatic rings. The zero-order valence-electron chi connectivity index (χ0n) is 13.7. The van der Waals surface area contributed by atoms with Gasteiger partial charge in [-0.05, 0) is 59.5 Å². The molecule has 5 rings (SSSR count). The monoisotopic (exact) mass is 439 g/mol. The van der Waals surface area contributed by atoms with Crippen molar-refractivity contribution in [3.05, 3.63) is 51.8 Å². The average Bonchev–Trinajstić information content (AvgIpc) is 2.53. The summed E-state index contributed by atoms with van der Waals surface area (Å²) in [5.41, 5.74) is -0.147. The molecule has 0 spiro atoms. The molecular formula is C18H16BrClFN3O2. The van der Waals surface area contributed by atoms with Gasteiger partial charge in [-0.1, -0.05) is 17.7 Å². The van der Waals surface area contributed by atoms with Crippen LogP contribution < -0.4 is 15.4 Å². The molecule has 1 amide bonds. The molecule has 1 aromatic heterocycles. The Morgan fingerprint density at radius 2 is 2.04 bits per heavy atom. The molecule has 0 radical (unpaired) electrons. The number of anilines is 1. The predicted molar refractivity (Wildman–Crippen MR) is 99.9 cm³/mol. The van der Waals surface area contributed by atoms with E-state index < -0.39 is 5.82 Å². The number of carbonyl (C=O) groups is 1. The van der Waals surface area contributed by atoms with E-state index in [0.29, 0.717) is 0 Å². The molecule has 1 aromatic carbocycles. The third kappa shape index (κ3) is 3.38. The fraction of sp³-hybridized carbons (Fsp3) is 0.333. The van der Waals surface area contributed by atoms with Crippen molar-refractivity contribution >= 4 is 39.3 Å². The summed E-state index contributed by atoms with van der Waals surface area (Å²) in [7, 11) is 0. The van der Waals surface area contributed by atoms with E-state index in [4.69, 9.17) is 16.3 Å². The van der Waals surface area contributed by atoms with Gasteiger partial charge in [-0.15, -0.1) is 0 Å². The Morgan fingerprint density at radius 3 is 2.73 bits per heavy atom. The van der Waals surface area contributed by atoms with Crippen LogP contribution in [-0.4, -0.2) is 28.6 Å². The van der Waals surface area contributed by atoms with E-state index in [2.05, 4.69) is 31.5 Å². The van der Waals surface area contributed by atoms with Crippen LogP contribution in [0.1, 0.15) is 19.3 Å². The molecule has 2 bridgehead atoms. The van der Waals surface area contributed by atoms with Gasteiger partial charge in [0.2, 0.25) is 0 Å². The van der Waals surface area contributed by atoms with Crippen LogP contribution in [0, 0.1) is 5.82 Å². The average molecular weight is 441 g/mol. The van der Waals surface area contributed by atoms with Gasteiger partial charge in [-0.25, -0.2) is 9.37 Å². The molecule has 136 valence electrons. The van der Waals surface area contributed by atoms with Gasteiger partial charge in [0.25, 0.3) is 5.91 Å². The Bertz CT molecular complexity index is 859. The van der Waals surface area contributed by atoms with Crippen molar-refractivity contribution in [2.75, 3.05) is 11.9 Å². The number of amides is 1. The highest BCUT2D eigenvalue weighted by Crippen LogP contribution is 2.61. The summed E-state index contributed by atoms with van der Waals surface area (Å²) in [5, 5.41) is 6.50. The molecule has 0 aliphatic heterocycles. The number of nitrogens with zero attached hydrogens (tertiary/aromatic N) is 1. The molecule has 1 heterocycles. The summed E-state index contributed by atoms with van der Waals surface area (Å²) >= 11 is 8.98. The molecule has 3 aliphatic carbocycles. The Balaban J connectivity index is 1.25. The van der Waals surface area contributed by atoms with Gasteiger partial charge in [-0.3, -0.25) is 4.79 Å². The van der Waals surface area contributed by atoms with E-state index in [0.717, 1.165) is 29.7 Å². The van der Waals surface area contributed by atoms with Crippen LogP contribution in [0.4, 0.5) is 10.2 Å². The van der Waals surface area contributed by atoms with Crippen LogP contribution >= 0.6 is 27.5 Å². The minimum atomic E-state index is -0.571. The highest BCUT2D eigenvalue weighted by atomic mass is 79.9. The van der Waals surface area contributed by atoms with E-state index in [9.17, 15) is 9.18 Å². The number of hydrogen-bond donors (Lipinski definition) is 2. The number of halogens is 3. The van der Waals surface area contributed by atoms with Crippen molar-refractivity contribution in [1.29, 1.82) is 0 Å². The topological polar surface area (TPSA) is 63.2 Å². The van der Waals surface area contributed by atoms with Crippen LogP contribution in [0.2, 0.25) is 5.02 Å². The fourth-order valence-electron chi connectivity index (χ4n) is 3.85. The van der Waals surface area contributed by atoms with Crippen LogP contribution in [0.25, 0.3) is 0 Å². The molecule has 3 fully saturated rings. The summed E-state index contributed by atoms with van der Waals surface area (Å²) in [6.45, 7) is -0.156. The number of hydrogen-bond acceptors (Lipinski definition) is 4. The minimum absolute atomic E-state index is 0.0151. The molecule has 3 saturated carbocycles. The van der Waals surface area contributed by atoms with Gasteiger partial charge >= 0.3 is 0 Å². The predicted octanol–water partition coefficient (Wildman–Crippen LogP) is 3.92. The van der Waals surface area contributed by atoms with E-state index >= 15 is 0 Å². The van der Waals surface area contributed by atoms with Crippen LogP contribution in [0.3, 0.4) is 0 Å². The van der Waals surface area contributed by atoms with E-state index in [1.54, 1.807) is 0 Å². The standard InChI is InChI=1S/C18H16BrClFN3O2/c19-14-2-1-3-15(22-14)23-17-8-18(9-17,10-17)24-16(25)7-26-11-4-5-12(20)13(21)6-11/h1-6H,7-10H2,(H,22,23)(H,24,25). The van der Waals surface area contributed by atoms with E-state index in [1.165, 1.54) is 18.2 Å². The van der Waals surface area contributed by atoms with Gasteiger partial charge in [0.1, 0.15) is 22.0 Å². The van der Waals surface area contributed by atoms with Gasteiger partial charge in [-0.2, -0.15) is 0 Å². The van der Waals surface area contributed by atoms with Crippen molar-refractivity contribution in [1.82, 2.24) is 10.3 Å². The Morgan fingerprint density at radius 1 is 1.27 bits per heavy atom. The van der Waals surface area contributed by atoms with Crippen molar-refractivity contribution in [3.8, 4) is 5.75 Å². The fourth-order valence-corrected chi connectivity index (χ4v) is 4.31. The third-order valence-electron chi connectivity index (χ3n) is 4.80. The summed E-state index contributed by atoms with van der Waals surface area (Å²) in [5.74, 6) is 0.318. The number of pyridine rings is 1. The van der Waals surface area contributed by atoms with E-state index in [-0.39, 0.29) is 34.4 Å². The summed E-state index contributed by atoms with van der Waals surface area (Å²) in [4.78, 5) is 16.5. The van der Waals surface area contributed by atoms with E-state index in [1.807, 2.05) is 18.2 Å². The lowest BCUT2D eigenvalue weighted by molar-refractivity contribution is -0.135. The van der Waals surface area contributed by atoms with Crippen molar-refractivity contribution < 1.29 is 13.9 Å². The van der Waals surface area contributed by atoms with Crippen LogP contribution in [-0.2, 0) is 4.79 Å². The normalized spacial score (nSPS) is 25.7. The van der Waals surface area contributed by atoms with Crippen LogP contribution in [0.5, 0.6) is 5.75 Å². The maximum atomic E-state index is 13.4. The first-order chi connectivity index (χ1) is 12.4. The largest absolute Gasteiger partial charge is 0.484 e. The highest BCUT2D eigenvalue weighted by Gasteiger charge is 2.68. The molecule has 26 heavy (non-hydrogen) atoms. The van der Waals surface area contributed by atoms with Crippen molar-refractivity contribution in [2.24, 2.45) is 0 Å². The van der Waals surface area contributed by atoms with Crippen molar-refractivity contribution in [3.63, 3.8) is 0 Å². The van der Waals surface area contributed by atoms with Gasteiger partial charge in [0, 0.05) is 17.1 Å². The second-order valence-corrected chi connectivity index (χ2v) is 8.19. The number of rotatable bonds is 6. The molecule has 8 heteroatoms. The SMILES string of the molecule is O=C(COc1ccc(Cl)c(F)c1)NC12CC(Nc3cccc(Br)n3)(C1)C2. The maximum Gasteiger partial charge on any atom is 0.258 e. The molecule has 5 nitrogen and oxygen atoms in total. The van der Waals surface area contributed by atoms with Gasteiger partial charge in [0.05, 0.1) is 5.02 Å². The van der Waals surface area contributed by atoms with Crippen LogP contribution in [0.15, 0.2) is 41.0 Å². The second-order valence-electron chi connectivity index (χ2n) is 6.97. The lowest BCUT2D eigenvalue weighted by Gasteiger charge is -2.70. The first kappa shape index (κ1) is 17.5. The zero-order valence-corrected chi connectivity index (χ0v) is 16.0. The van der Waals surface area contributed by atoms with Crippen molar-refractivity contribution in [2.45, 2.75) is 30.3 Å². The van der Waals surface area contributed by atoms with Gasteiger partial charge in [0.15, 0.2) is 6.61 Å². The highest BCUT2D eigenvalue weighted by molar-refractivity contribution is 9.10. The number of benzene rings is 1. The smallest absolute Gasteiger partial charge is 0.258 e. The Hall–Kier alpha value is -1.86.